The Kier molecular flexibility index (Phi) is 1.77. The van der Waals surface area contributed by atoms with Gasteiger partial charge in [0.15, 0.2) is 0 Å². The Morgan fingerprint density at radius 3 is 3.08 bits per heavy atom. The van der Waals surface area contributed by atoms with E-state index in [2.05, 4.69) is 16.7 Å². The van der Waals surface area contributed by atoms with Crippen molar-refractivity contribution >= 4 is 5.91 Å². The summed E-state index contributed by atoms with van der Waals surface area (Å²) in [7, 11) is 0. The zero-order valence-corrected chi connectivity index (χ0v) is 7.92. The van der Waals surface area contributed by atoms with E-state index in [9.17, 15) is 4.79 Å². The van der Waals surface area contributed by atoms with E-state index in [0.717, 1.165) is 12.1 Å². The minimum Gasteiger partial charge on any atom is -0.327 e. The zero-order chi connectivity index (χ0) is 9.47. The second-order valence-corrected chi connectivity index (χ2v) is 4.06. The van der Waals surface area contributed by atoms with Crippen LogP contribution in [0.5, 0.6) is 0 Å². The third kappa shape index (κ3) is 1.40. The topological polar surface area (TPSA) is 41.1 Å². The average molecular weight is 178 g/mol. The van der Waals surface area contributed by atoms with Crippen LogP contribution in [0, 0.1) is 0 Å². The van der Waals surface area contributed by atoms with Crippen molar-refractivity contribution in [1.29, 1.82) is 0 Å². The van der Waals surface area contributed by atoms with Crippen LogP contribution >= 0.6 is 0 Å². The van der Waals surface area contributed by atoms with Crippen LogP contribution < -0.4 is 10.6 Å². The molecule has 0 spiro atoms. The molecule has 13 heavy (non-hydrogen) atoms. The third-order valence-corrected chi connectivity index (χ3v) is 2.52. The molecule has 3 nitrogen and oxygen atoms in total. The monoisotopic (exact) mass is 178 g/mol. The Morgan fingerprint density at radius 1 is 1.54 bits per heavy atom. The molecule has 2 N–H and O–H groups in total. The van der Waals surface area contributed by atoms with Crippen LogP contribution in [-0.4, -0.2) is 17.5 Å². The molecule has 70 valence electrons. The summed E-state index contributed by atoms with van der Waals surface area (Å²) in [5.41, 5.74) is 0.541. The summed E-state index contributed by atoms with van der Waals surface area (Å²) in [4.78, 5) is 11.5. The quantitative estimate of drug-likeness (QED) is 0.573. The summed E-state index contributed by atoms with van der Waals surface area (Å²) in [6.07, 6.45) is 6.99. The lowest BCUT2D eigenvalue weighted by atomic mass is 9.93. The van der Waals surface area contributed by atoms with E-state index >= 15 is 0 Å². The van der Waals surface area contributed by atoms with Crippen molar-refractivity contribution < 1.29 is 4.79 Å². The summed E-state index contributed by atoms with van der Waals surface area (Å²) < 4.78 is 0. The number of fused-ring (bicyclic) bond motifs is 1. The predicted molar refractivity (Wildman–Crippen MR) is 51.0 cm³/mol. The first-order valence-corrected chi connectivity index (χ1v) is 4.55. The molecule has 0 bridgehead atoms. The van der Waals surface area contributed by atoms with E-state index < -0.39 is 5.54 Å². The highest BCUT2D eigenvalue weighted by atomic mass is 16.2. The first-order valence-electron chi connectivity index (χ1n) is 4.55. The summed E-state index contributed by atoms with van der Waals surface area (Å²) >= 11 is 0. The minimum atomic E-state index is -0.451. The van der Waals surface area contributed by atoms with Gasteiger partial charge in [0, 0.05) is 5.70 Å². The van der Waals surface area contributed by atoms with Gasteiger partial charge in [-0.15, -0.1) is 0 Å². The van der Waals surface area contributed by atoms with Gasteiger partial charge in [0.2, 0.25) is 5.91 Å². The Labute approximate surface area is 77.9 Å². The van der Waals surface area contributed by atoms with Gasteiger partial charge in [-0.3, -0.25) is 10.1 Å². The van der Waals surface area contributed by atoms with E-state index in [1.807, 2.05) is 26.0 Å². The van der Waals surface area contributed by atoms with Crippen molar-refractivity contribution in [3.05, 3.63) is 23.9 Å². The molecule has 1 heterocycles. The summed E-state index contributed by atoms with van der Waals surface area (Å²) in [6, 6.07) is 0.276. The van der Waals surface area contributed by atoms with Crippen molar-refractivity contribution in [3.8, 4) is 0 Å². The number of nitrogens with one attached hydrogen (secondary N) is 2. The lowest BCUT2D eigenvalue weighted by Gasteiger charge is -2.38. The van der Waals surface area contributed by atoms with Gasteiger partial charge in [-0.2, -0.15) is 0 Å². The van der Waals surface area contributed by atoms with Crippen molar-refractivity contribution in [2.45, 2.75) is 31.8 Å². The molecule has 1 unspecified atom stereocenters. The summed E-state index contributed by atoms with van der Waals surface area (Å²) in [6.45, 7) is 3.80. The normalized spacial score (nSPS) is 30.5. The molecule has 1 amide bonds. The predicted octanol–water partition coefficient (Wildman–Crippen LogP) is 0.697. The molecule has 1 saturated heterocycles. The largest absolute Gasteiger partial charge is 0.327 e. The molecule has 0 saturated carbocycles. The van der Waals surface area contributed by atoms with E-state index in [0.29, 0.717) is 0 Å². The highest BCUT2D eigenvalue weighted by Crippen LogP contribution is 2.20. The third-order valence-electron chi connectivity index (χ3n) is 2.52. The number of carbonyl (C=O) groups is 1. The molecule has 1 aliphatic carbocycles. The number of piperazine rings is 1. The van der Waals surface area contributed by atoms with Gasteiger partial charge in [0.25, 0.3) is 0 Å². The zero-order valence-electron chi connectivity index (χ0n) is 7.92. The molecule has 0 aromatic carbocycles. The molecular weight excluding hydrogens is 164 g/mol. The van der Waals surface area contributed by atoms with Gasteiger partial charge < -0.3 is 5.32 Å². The maximum Gasteiger partial charge on any atom is 0.243 e. The van der Waals surface area contributed by atoms with Gasteiger partial charge in [-0.05, 0) is 26.3 Å². The Bertz CT molecular complexity index is 302. The highest BCUT2D eigenvalue weighted by Gasteiger charge is 2.37. The van der Waals surface area contributed by atoms with Crippen molar-refractivity contribution in [1.82, 2.24) is 10.6 Å². The number of hydrogen-bond acceptors (Lipinski definition) is 2. The van der Waals surface area contributed by atoms with E-state index in [4.69, 9.17) is 0 Å². The molecular formula is C10H14N2O. The van der Waals surface area contributed by atoms with Crippen LogP contribution in [0.2, 0.25) is 0 Å². The fourth-order valence-corrected chi connectivity index (χ4v) is 1.68. The van der Waals surface area contributed by atoms with E-state index in [-0.39, 0.29) is 11.9 Å². The van der Waals surface area contributed by atoms with Gasteiger partial charge in [0.05, 0.1) is 11.6 Å². The number of hydrogen-bond donors (Lipinski definition) is 2. The standard InChI is InChI=1S/C10H14N2O/c1-10(2)9(13)11-7-5-3-4-6-8(7)12-10/h3-5,8,12H,6H2,1-2H3,(H,11,13). The van der Waals surface area contributed by atoms with Gasteiger partial charge in [-0.25, -0.2) is 0 Å². The molecule has 0 radical (unpaired) electrons. The molecule has 0 aromatic rings. The Hall–Kier alpha value is -1.09. The number of rotatable bonds is 0. The molecule has 1 atom stereocenters. The van der Waals surface area contributed by atoms with Crippen LogP contribution in [0.1, 0.15) is 20.3 Å². The van der Waals surface area contributed by atoms with Gasteiger partial charge >= 0.3 is 0 Å². The number of carbonyl (C=O) groups excluding carboxylic acids is 1. The van der Waals surface area contributed by atoms with Crippen molar-refractivity contribution in [2.75, 3.05) is 0 Å². The summed E-state index contributed by atoms with van der Waals surface area (Å²) in [5.74, 6) is 0.0466. The van der Waals surface area contributed by atoms with Crippen LogP contribution in [0.4, 0.5) is 0 Å². The van der Waals surface area contributed by atoms with Crippen molar-refractivity contribution in [3.63, 3.8) is 0 Å². The van der Waals surface area contributed by atoms with Gasteiger partial charge in [-0.1, -0.05) is 12.2 Å². The van der Waals surface area contributed by atoms with Crippen LogP contribution in [-0.2, 0) is 4.79 Å². The van der Waals surface area contributed by atoms with Crippen LogP contribution in [0.25, 0.3) is 0 Å². The first kappa shape index (κ1) is 8.51. The lowest BCUT2D eigenvalue weighted by Crippen LogP contribution is -2.63. The minimum absolute atomic E-state index is 0.0466. The lowest BCUT2D eigenvalue weighted by molar-refractivity contribution is -0.127. The molecule has 3 heteroatoms. The van der Waals surface area contributed by atoms with Crippen molar-refractivity contribution in [2.24, 2.45) is 0 Å². The molecule has 1 aliphatic heterocycles. The number of amides is 1. The maximum absolute atomic E-state index is 11.5. The van der Waals surface area contributed by atoms with Gasteiger partial charge in [0.1, 0.15) is 0 Å². The van der Waals surface area contributed by atoms with Crippen LogP contribution in [0.15, 0.2) is 23.9 Å². The molecule has 2 rings (SSSR count). The molecule has 2 aliphatic rings. The SMILES string of the molecule is CC1(C)NC2CC=CC=C2NC1=O. The summed E-state index contributed by atoms with van der Waals surface area (Å²) in [5, 5.41) is 6.23. The smallest absolute Gasteiger partial charge is 0.243 e. The van der Waals surface area contributed by atoms with E-state index in [1.54, 1.807) is 0 Å². The fourth-order valence-electron chi connectivity index (χ4n) is 1.68. The maximum atomic E-state index is 11.5. The highest BCUT2D eigenvalue weighted by molar-refractivity contribution is 5.88. The molecule has 1 fully saturated rings. The number of allylic oxidation sites excluding steroid dienone is 2. The first-order chi connectivity index (χ1) is 6.09. The Balaban J connectivity index is 2.25. The average Bonchev–Trinajstić information content (AvgIpc) is 2.06. The second kappa shape index (κ2) is 2.70. The van der Waals surface area contributed by atoms with E-state index in [1.165, 1.54) is 0 Å². The fraction of sp³-hybridized carbons (Fsp3) is 0.500. The molecule has 0 aromatic heterocycles. The van der Waals surface area contributed by atoms with Crippen LogP contribution in [0.3, 0.4) is 0 Å². The second-order valence-electron chi connectivity index (χ2n) is 4.06. The Morgan fingerprint density at radius 2 is 2.31 bits per heavy atom.